The second-order valence-corrected chi connectivity index (χ2v) is 19.3. The molecule has 0 aliphatic rings. The molecule has 0 spiro atoms. The van der Waals surface area contributed by atoms with E-state index < -0.39 is 13.9 Å². The maximum Gasteiger partial charge on any atom is 0.472 e. The largest absolute Gasteiger partial charge is 0.472 e. The Morgan fingerprint density at radius 3 is 1.41 bits per heavy atom. The third kappa shape index (κ3) is 47.6. The number of ether oxygens (including phenoxy) is 2. The van der Waals surface area contributed by atoms with Crippen LogP contribution in [0.4, 0.5) is 0 Å². The Labute approximate surface area is 365 Å². The van der Waals surface area contributed by atoms with Gasteiger partial charge in [0.1, 0.15) is 19.3 Å². The van der Waals surface area contributed by atoms with E-state index in [1.165, 1.54) is 161 Å². The van der Waals surface area contributed by atoms with Crippen molar-refractivity contribution in [2.45, 2.75) is 225 Å². The van der Waals surface area contributed by atoms with E-state index in [4.69, 9.17) is 18.5 Å². The van der Waals surface area contributed by atoms with Crippen LogP contribution in [0, 0.1) is 0 Å². The van der Waals surface area contributed by atoms with Gasteiger partial charge in [-0.05, 0) is 70.6 Å². The number of carbonyl (C=O) groups excluding carboxylic acids is 1. The predicted molar refractivity (Wildman–Crippen MR) is 252 cm³/mol. The number of unbranched alkanes of at least 4 members (excludes halogenated alkanes) is 26. The van der Waals surface area contributed by atoms with Crippen LogP contribution < -0.4 is 0 Å². The number of quaternary nitrogens is 1. The Balaban J connectivity index is 4.13. The molecule has 1 N–H and O–H groups in total. The van der Waals surface area contributed by atoms with E-state index in [2.05, 4.69) is 50.3 Å². The fourth-order valence-corrected chi connectivity index (χ4v) is 7.56. The van der Waals surface area contributed by atoms with E-state index in [-0.39, 0.29) is 25.8 Å². The van der Waals surface area contributed by atoms with Gasteiger partial charge in [-0.25, -0.2) is 4.57 Å². The molecule has 9 heteroatoms. The number of phosphoric acid groups is 1. The number of carbonyl (C=O) groups is 1. The van der Waals surface area contributed by atoms with Crippen LogP contribution in [0.2, 0.25) is 0 Å². The van der Waals surface area contributed by atoms with Crippen LogP contribution in [0.3, 0.4) is 0 Å². The fourth-order valence-electron chi connectivity index (χ4n) is 6.81. The maximum atomic E-state index is 12.7. The number of likely N-dealkylation sites (N-methyl/N-ethyl adjacent to an activating group) is 1. The van der Waals surface area contributed by atoms with Crippen molar-refractivity contribution in [3.8, 4) is 0 Å². The molecule has 2 atom stereocenters. The zero-order valence-electron chi connectivity index (χ0n) is 39.5. The summed E-state index contributed by atoms with van der Waals surface area (Å²) in [5.74, 6) is -0.317. The van der Waals surface area contributed by atoms with Crippen LogP contribution in [0.25, 0.3) is 0 Å². The predicted octanol–water partition coefficient (Wildman–Crippen LogP) is 14.9. The monoisotopic (exact) mass is 855 g/mol. The first kappa shape index (κ1) is 57.7. The molecular weight excluding hydrogens is 758 g/mol. The molecule has 0 fully saturated rings. The lowest BCUT2D eigenvalue weighted by atomic mass is 10.0. The second-order valence-electron chi connectivity index (χ2n) is 17.8. The molecule has 0 heterocycles. The first-order chi connectivity index (χ1) is 28.6. The molecule has 0 aromatic rings. The SMILES string of the molecule is CCCCCC/C=C\CCCCCCCCOCC(COP(=O)(O)OCC[N+](C)(C)C)OC(=O)CCCCCCCCCCCCC/C=C\C/C=C\CCCCCCC. The molecule has 0 aromatic carbocycles. The Morgan fingerprint density at radius 2 is 0.932 bits per heavy atom. The van der Waals surface area contributed by atoms with Crippen LogP contribution in [-0.2, 0) is 27.9 Å². The van der Waals surface area contributed by atoms with E-state index in [0.29, 0.717) is 24.1 Å². The average molecular weight is 855 g/mol. The van der Waals surface area contributed by atoms with Crippen molar-refractivity contribution >= 4 is 13.8 Å². The van der Waals surface area contributed by atoms with Crippen molar-refractivity contribution in [3.63, 3.8) is 0 Å². The zero-order valence-corrected chi connectivity index (χ0v) is 40.4. The van der Waals surface area contributed by atoms with Crippen LogP contribution in [-0.4, -0.2) is 75.6 Å². The van der Waals surface area contributed by atoms with Crippen molar-refractivity contribution in [3.05, 3.63) is 36.5 Å². The molecule has 0 aromatic heterocycles. The molecule has 2 unspecified atom stereocenters. The molecule has 348 valence electrons. The summed E-state index contributed by atoms with van der Waals surface area (Å²) < 4.78 is 35.1. The Hall–Kier alpha value is -1.28. The molecule has 0 saturated heterocycles. The molecule has 0 radical (unpaired) electrons. The molecule has 0 amide bonds. The van der Waals surface area contributed by atoms with Crippen molar-refractivity contribution in [1.82, 2.24) is 0 Å². The van der Waals surface area contributed by atoms with Crippen molar-refractivity contribution < 1.29 is 37.3 Å². The number of esters is 1. The zero-order chi connectivity index (χ0) is 43.4. The molecular formula is C50H97NO7P+. The summed E-state index contributed by atoms with van der Waals surface area (Å²) in [5.41, 5.74) is 0. The molecule has 0 aliphatic heterocycles. The van der Waals surface area contributed by atoms with Gasteiger partial charge >= 0.3 is 13.8 Å². The highest BCUT2D eigenvalue weighted by molar-refractivity contribution is 7.47. The van der Waals surface area contributed by atoms with E-state index in [1.807, 2.05) is 21.1 Å². The van der Waals surface area contributed by atoms with Crippen molar-refractivity contribution in [1.29, 1.82) is 0 Å². The van der Waals surface area contributed by atoms with Crippen LogP contribution in [0.15, 0.2) is 36.5 Å². The summed E-state index contributed by atoms with van der Waals surface area (Å²) in [7, 11) is 1.67. The molecule has 0 rings (SSSR count). The summed E-state index contributed by atoms with van der Waals surface area (Å²) in [4.78, 5) is 23.0. The smallest absolute Gasteiger partial charge is 0.457 e. The van der Waals surface area contributed by atoms with E-state index in [9.17, 15) is 14.3 Å². The molecule has 59 heavy (non-hydrogen) atoms. The Morgan fingerprint density at radius 1 is 0.525 bits per heavy atom. The number of allylic oxidation sites excluding steroid dienone is 6. The number of rotatable bonds is 46. The van der Waals surface area contributed by atoms with Gasteiger partial charge in [0.15, 0.2) is 0 Å². The lowest BCUT2D eigenvalue weighted by Gasteiger charge is -2.24. The maximum absolute atomic E-state index is 12.7. The van der Waals surface area contributed by atoms with Gasteiger partial charge in [0, 0.05) is 13.0 Å². The van der Waals surface area contributed by atoms with E-state index >= 15 is 0 Å². The highest BCUT2D eigenvalue weighted by Crippen LogP contribution is 2.43. The normalized spacial score (nSPS) is 13.9. The van der Waals surface area contributed by atoms with Gasteiger partial charge in [-0.1, -0.05) is 179 Å². The lowest BCUT2D eigenvalue weighted by Crippen LogP contribution is -2.37. The van der Waals surface area contributed by atoms with Gasteiger partial charge in [-0.2, -0.15) is 0 Å². The number of hydrogen-bond acceptors (Lipinski definition) is 6. The van der Waals surface area contributed by atoms with Crippen LogP contribution in [0.1, 0.15) is 219 Å². The minimum Gasteiger partial charge on any atom is -0.457 e. The lowest BCUT2D eigenvalue weighted by molar-refractivity contribution is -0.870. The highest BCUT2D eigenvalue weighted by atomic mass is 31.2. The van der Waals surface area contributed by atoms with Gasteiger partial charge in [-0.15, -0.1) is 0 Å². The van der Waals surface area contributed by atoms with E-state index in [1.54, 1.807) is 0 Å². The quantitative estimate of drug-likeness (QED) is 0.0214. The minimum absolute atomic E-state index is 0.0874. The number of hydrogen-bond donors (Lipinski definition) is 1. The van der Waals surface area contributed by atoms with Gasteiger partial charge in [-0.3, -0.25) is 13.8 Å². The summed E-state index contributed by atoms with van der Waals surface area (Å²) in [6, 6.07) is 0. The second kappa shape index (κ2) is 43.4. The molecule has 0 saturated carbocycles. The van der Waals surface area contributed by atoms with Gasteiger partial charge in [0.2, 0.25) is 0 Å². The average Bonchev–Trinajstić information content (AvgIpc) is 3.19. The topological polar surface area (TPSA) is 91.3 Å². The Bertz CT molecular complexity index is 1040. The fraction of sp³-hybridized carbons (Fsp3) is 0.860. The van der Waals surface area contributed by atoms with Crippen LogP contribution in [0.5, 0.6) is 0 Å². The molecule has 0 bridgehead atoms. The highest BCUT2D eigenvalue weighted by Gasteiger charge is 2.26. The van der Waals surface area contributed by atoms with Crippen molar-refractivity contribution in [2.75, 3.05) is 54.1 Å². The first-order valence-corrected chi connectivity index (χ1v) is 26.2. The third-order valence-electron chi connectivity index (χ3n) is 10.7. The van der Waals surface area contributed by atoms with E-state index in [0.717, 1.165) is 38.5 Å². The van der Waals surface area contributed by atoms with Gasteiger partial charge in [0.25, 0.3) is 0 Å². The summed E-state index contributed by atoms with van der Waals surface area (Å²) in [6.07, 6.45) is 51.8. The van der Waals surface area contributed by atoms with Gasteiger partial charge in [0.05, 0.1) is 34.4 Å². The molecule has 0 aliphatic carbocycles. The number of phosphoric ester groups is 1. The third-order valence-corrected chi connectivity index (χ3v) is 11.7. The van der Waals surface area contributed by atoms with Crippen molar-refractivity contribution in [2.24, 2.45) is 0 Å². The number of nitrogens with zero attached hydrogens (tertiary/aromatic N) is 1. The Kier molecular flexibility index (Phi) is 42.4. The summed E-state index contributed by atoms with van der Waals surface area (Å²) in [5, 5.41) is 0. The standard InChI is InChI=1S/C50H96NO7P/c1-6-8-10-12-14-16-18-20-22-23-24-25-26-27-28-29-30-31-33-35-37-39-41-43-50(52)58-49(48-57-59(53,54)56-46-44-51(3,4)5)47-55-45-42-40-38-36-34-32-21-19-17-15-13-11-9-7-2/h17-20,23-24,49H,6-16,21-22,25-48H2,1-5H3/p+1/b19-17-,20-18-,24-23-. The van der Waals surface area contributed by atoms with Gasteiger partial charge < -0.3 is 18.9 Å². The van der Waals surface area contributed by atoms with Crippen LogP contribution >= 0.6 is 7.82 Å². The minimum atomic E-state index is -4.28. The summed E-state index contributed by atoms with van der Waals surface area (Å²) >= 11 is 0. The first-order valence-electron chi connectivity index (χ1n) is 24.7. The molecule has 8 nitrogen and oxygen atoms in total. The summed E-state index contributed by atoms with van der Waals surface area (Å²) in [6.45, 7) is 5.61.